The average Bonchev–Trinajstić information content (AvgIpc) is 3.11. The molecule has 2 aromatic rings. The smallest absolute Gasteiger partial charge is 0.119 e. The van der Waals surface area contributed by atoms with Gasteiger partial charge < -0.3 is 15.2 Å². The zero-order chi connectivity index (χ0) is 20.1. The van der Waals surface area contributed by atoms with Crippen molar-refractivity contribution in [3.8, 4) is 5.75 Å². The topological polar surface area (TPSA) is 44.5 Å². The molecule has 0 heterocycles. The summed E-state index contributed by atoms with van der Waals surface area (Å²) in [5, 5.41) is 0. The van der Waals surface area contributed by atoms with Crippen LogP contribution in [0.25, 0.3) is 0 Å². The van der Waals surface area contributed by atoms with Crippen molar-refractivity contribution in [2.45, 2.75) is 62.0 Å². The van der Waals surface area contributed by atoms with E-state index in [4.69, 9.17) is 15.2 Å². The lowest BCUT2D eigenvalue weighted by molar-refractivity contribution is 0.102. The maximum absolute atomic E-state index is 7.00. The van der Waals surface area contributed by atoms with Gasteiger partial charge >= 0.3 is 0 Å². The van der Waals surface area contributed by atoms with Gasteiger partial charge in [0.05, 0.1) is 13.2 Å². The number of aryl methyl sites for hydroxylation is 1. The Balaban J connectivity index is 1.69. The van der Waals surface area contributed by atoms with Crippen LogP contribution in [-0.4, -0.2) is 25.9 Å². The van der Waals surface area contributed by atoms with Crippen molar-refractivity contribution in [3.05, 3.63) is 76.4 Å². The molecule has 2 N–H and O–H groups in total. The highest BCUT2D eigenvalue weighted by Crippen LogP contribution is 2.57. The molecule has 0 aromatic heterocycles. The predicted octanol–water partition coefficient (Wildman–Crippen LogP) is 4.72. The molecule has 3 heteroatoms. The third-order valence-electron chi connectivity index (χ3n) is 7.72. The number of ether oxygens (including phenoxy) is 2. The molecule has 0 spiro atoms. The summed E-state index contributed by atoms with van der Waals surface area (Å²) >= 11 is 0. The number of fused-ring (bicyclic) bond motifs is 4. The Morgan fingerprint density at radius 3 is 2.59 bits per heavy atom. The second kappa shape index (κ2) is 7.00. The average molecular weight is 390 g/mol. The molecule has 0 radical (unpaired) electrons. The van der Waals surface area contributed by atoms with Gasteiger partial charge in [-0.15, -0.1) is 0 Å². The van der Waals surface area contributed by atoms with E-state index >= 15 is 0 Å². The molecule has 0 aliphatic heterocycles. The normalized spacial score (nSPS) is 30.5. The van der Waals surface area contributed by atoms with Crippen molar-refractivity contribution < 1.29 is 9.47 Å². The zero-order valence-electron chi connectivity index (χ0n) is 17.5. The van der Waals surface area contributed by atoms with E-state index in [9.17, 15) is 0 Å². The Kier molecular flexibility index (Phi) is 4.56. The van der Waals surface area contributed by atoms with Crippen molar-refractivity contribution >= 4 is 0 Å². The highest BCUT2D eigenvalue weighted by Gasteiger charge is 2.52. The van der Waals surface area contributed by atoms with E-state index in [-0.39, 0.29) is 17.1 Å². The first kappa shape index (κ1) is 18.9. The lowest BCUT2D eigenvalue weighted by atomic mass is 9.55. The highest BCUT2D eigenvalue weighted by molar-refractivity contribution is 5.55. The van der Waals surface area contributed by atoms with Crippen LogP contribution >= 0.6 is 0 Å². The molecule has 0 amide bonds. The van der Waals surface area contributed by atoms with Crippen molar-refractivity contribution in [1.29, 1.82) is 0 Å². The summed E-state index contributed by atoms with van der Waals surface area (Å²) in [4.78, 5) is 0. The van der Waals surface area contributed by atoms with Gasteiger partial charge in [-0.1, -0.05) is 42.0 Å². The summed E-state index contributed by atoms with van der Waals surface area (Å²) in [5.41, 5.74) is 14.3. The van der Waals surface area contributed by atoms with Gasteiger partial charge in [-0.3, -0.25) is 0 Å². The highest BCUT2D eigenvalue weighted by atomic mass is 16.5. The Hall–Kier alpha value is -2.10. The summed E-state index contributed by atoms with van der Waals surface area (Å²) in [6, 6.07) is 17.7. The summed E-state index contributed by atoms with van der Waals surface area (Å²) in [5.74, 6) is 0.957. The molecule has 2 aromatic carbocycles. The van der Waals surface area contributed by atoms with E-state index < -0.39 is 0 Å². The summed E-state index contributed by atoms with van der Waals surface area (Å²) in [7, 11) is 3.58. The Morgan fingerprint density at radius 1 is 1.00 bits per heavy atom. The first-order chi connectivity index (χ1) is 14.1. The van der Waals surface area contributed by atoms with E-state index in [1.807, 2.05) is 7.11 Å². The van der Waals surface area contributed by atoms with E-state index in [0.717, 1.165) is 50.7 Å². The van der Waals surface area contributed by atoms with E-state index in [1.54, 1.807) is 12.7 Å². The molecule has 3 atom stereocenters. The number of nitrogens with two attached hydrogens (primary N) is 1. The van der Waals surface area contributed by atoms with Gasteiger partial charge in [0.15, 0.2) is 0 Å². The molecule has 1 fully saturated rings. The Bertz CT molecular complexity index is 950. The molecule has 3 nitrogen and oxygen atoms in total. The predicted molar refractivity (Wildman–Crippen MR) is 116 cm³/mol. The molecule has 29 heavy (non-hydrogen) atoms. The third-order valence-corrected chi connectivity index (χ3v) is 7.72. The van der Waals surface area contributed by atoms with Gasteiger partial charge in [0.1, 0.15) is 5.75 Å². The molecule has 3 aliphatic carbocycles. The van der Waals surface area contributed by atoms with Crippen molar-refractivity contribution in [2.75, 3.05) is 14.2 Å². The number of hydrogen-bond acceptors (Lipinski definition) is 3. The van der Waals surface area contributed by atoms with Crippen LogP contribution in [0.1, 0.15) is 48.8 Å². The Morgan fingerprint density at radius 2 is 1.83 bits per heavy atom. The minimum Gasteiger partial charge on any atom is -0.497 e. The molecule has 5 rings (SSSR count). The molecule has 152 valence electrons. The van der Waals surface area contributed by atoms with Crippen LogP contribution < -0.4 is 10.5 Å². The van der Waals surface area contributed by atoms with Gasteiger partial charge in [0.25, 0.3) is 0 Å². The molecule has 1 saturated carbocycles. The number of hydrogen-bond donors (Lipinski definition) is 1. The van der Waals surface area contributed by atoms with Gasteiger partial charge in [0, 0.05) is 18.1 Å². The second-order valence-corrected chi connectivity index (χ2v) is 9.15. The fourth-order valence-corrected chi connectivity index (χ4v) is 6.30. The van der Waals surface area contributed by atoms with Crippen LogP contribution in [0.3, 0.4) is 0 Å². The minimum absolute atomic E-state index is 0.0437. The lowest BCUT2D eigenvalue weighted by Crippen LogP contribution is -2.49. The fraction of sp³-hybridized carbons (Fsp3) is 0.462. The number of allylic oxidation sites excluding steroid dienone is 1. The van der Waals surface area contributed by atoms with E-state index in [0.29, 0.717) is 0 Å². The number of methoxy groups -OCH3 is 2. The molecule has 0 saturated heterocycles. The zero-order valence-corrected chi connectivity index (χ0v) is 17.5. The van der Waals surface area contributed by atoms with Crippen LogP contribution in [-0.2, 0) is 23.0 Å². The quantitative estimate of drug-likeness (QED) is 0.770. The monoisotopic (exact) mass is 389 g/mol. The van der Waals surface area contributed by atoms with Gasteiger partial charge in [-0.05, 0) is 79.3 Å². The van der Waals surface area contributed by atoms with Crippen molar-refractivity contribution in [2.24, 2.45) is 5.73 Å². The van der Waals surface area contributed by atoms with Gasteiger partial charge in [0.2, 0.25) is 0 Å². The summed E-state index contributed by atoms with van der Waals surface area (Å²) in [6.45, 7) is 0. The molecular formula is C26H31NO2. The van der Waals surface area contributed by atoms with Crippen LogP contribution in [0.2, 0.25) is 0 Å². The van der Waals surface area contributed by atoms with Crippen molar-refractivity contribution in [1.82, 2.24) is 0 Å². The maximum atomic E-state index is 7.00. The van der Waals surface area contributed by atoms with Crippen LogP contribution in [0.5, 0.6) is 5.75 Å². The second-order valence-electron chi connectivity index (χ2n) is 9.15. The van der Waals surface area contributed by atoms with Crippen LogP contribution in [0, 0.1) is 0 Å². The first-order valence-corrected chi connectivity index (χ1v) is 10.8. The summed E-state index contributed by atoms with van der Waals surface area (Å²) < 4.78 is 11.3. The standard InChI is InChI=1S/C26H31NO2/c1-28-20-9-11-22-19(14-20)8-10-23-24-15-21(29-2)17-26(24,27)13-12-25(22,23)16-18-6-4-3-5-7-18/h3-7,9,11,14,21H,8,10,12-13,15-17,27H2,1-2H3/t21?,25?,26-/m1/s1. The number of rotatable bonds is 4. The fourth-order valence-electron chi connectivity index (χ4n) is 6.30. The largest absolute Gasteiger partial charge is 0.497 e. The summed E-state index contributed by atoms with van der Waals surface area (Å²) in [6.07, 6.45) is 7.54. The van der Waals surface area contributed by atoms with Crippen molar-refractivity contribution in [3.63, 3.8) is 0 Å². The molecule has 3 aliphatic rings. The first-order valence-electron chi connectivity index (χ1n) is 10.8. The van der Waals surface area contributed by atoms with Gasteiger partial charge in [-0.2, -0.15) is 0 Å². The molecule has 2 unspecified atom stereocenters. The van der Waals surface area contributed by atoms with E-state index in [1.165, 1.54) is 22.3 Å². The Labute approximate surface area is 173 Å². The lowest BCUT2D eigenvalue weighted by Gasteiger charge is -2.50. The van der Waals surface area contributed by atoms with Crippen LogP contribution in [0.15, 0.2) is 59.7 Å². The van der Waals surface area contributed by atoms with Crippen LogP contribution in [0.4, 0.5) is 0 Å². The molecule has 0 bridgehead atoms. The third kappa shape index (κ3) is 2.94. The number of benzene rings is 2. The SMILES string of the molecule is COc1ccc2c(c1)CCC1=C3CC(OC)C[C@]3(N)CCC12Cc1ccccc1. The van der Waals surface area contributed by atoms with E-state index in [2.05, 4.69) is 48.5 Å². The maximum Gasteiger partial charge on any atom is 0.119 e. The minimum atomic E-state index is -0.180. The van der Waals surface area contributed by atoms with Gasteiger partial charge in [-0.25, -0.2) is 0 Å². The molecular weight excluding hydrogens is 358 g/mol.